The first-order valence-corrected chi connectivity index (χ1v) is 9.25. The molecule has 3 rings (SSSR count). The first-order chi connectivity index (χ1) is 12.9. The summed E-state index contributed by atoms with van der Waals surface area (Å²) >= 11 is 1.37. The van der Waals surface area contributed by atoms with Crippen molar-refractivity contribution in [3.05, 3.63) is 54.4 Å². The maximum absolute atomic E-state index is 12.5. The van der Waals surface area contributed by atoms with Gasteiger partial charge in [-0.2, -0.15) is 0 Å². The summed E-state index contributed by atoms with van der Waals surface area (Å²) < 4.78 is 5.16. The van der Waals surface area contributed by atoms with Gasteiger partial charge in [-0.05, 0) is 44.2 Å². The molecule has 1 aromatic carbocycles. The summed E-state index contributed by atoms with van der Waals surface area (Å²) in [5.74, 6) is -0.469. The summed E-state index contributed by atoms with van der Waals surface area (Å²) in [4.78, 5) is 34.4. The standard InChI is InChI=1S/C17H17N3O6S/c1-2-26-17(21)15-11-5-3-4-6-14(11)27-16(15)18-12-8-7-10(19(22)23)9-13(12)20(24)25/h7-9,18H,2-6H2,1H3. The lowest BCUT2D eigenvalue weighted by Gasteiger charge is -2.12. The Bertz CT molecular complexity index is 924. The minimum absolute atomic E-state index is 0.0924. The molecule has 1 heterocycles. The molecule has 27 heavy (non-hydrogen) atoms. The van der Waals surface area contributed by atoms with Crippen molar-refractivity contribution in [2.75, 3.05) is 11.9 Å². The van der Waals surface area contributed by atoms with Crippen LogP contribution in [0.15, 0.2) is 18.2 Å². The number of hydrogen-bond donors (Lipinski definition) is 1. The van der Waals surface area contributed by atoms with Gasteiger partial charge >= 0.3 is 5.97 Å². The summed E-state index contributed by atoms with van der Waals surface area (Å²) in [7, 11) is 0. The average Bonchev–Trinajstić information content (AvgIpc) is 2.99. The van der Waals surface area contributed by atoms with Gasteiger partial charge in [0.2, 0.25) is 0 Å². The highest BCUT2D eigenvalue weighted by Crippen LogP contribution is 2.41. The Morgan fingerprint density at radius 2 is 1.96 bits per heavy atom. The zero-order valence-corrected chi connectivity index (χ0v) is 15.3. The van der Waals surface area contributed by atoms with Crippen LogP contribution in [0.3, 0.4) is 0 Å². The molecular formula is C17H17N3O6S. The minimum Gasteiger partial charge on any atom is -0.462 e. The van der Waals surface area contributed by atoms with Crippen molar-refractivity contribution < 1.29 is 19.4 Å². The first kappa shape index (κ1) is 18.8. The van der Waals surface area contributed by atoms with Gasteiger partial charge in [0.25, 0.3) is 11.4 Å². The lowest BCUT2D eigenvalue weighted by atomic mass is 9.95. The second kappa shape index (κ2) is 7.70. The molecule has 1 aromatic heterocycles. The molecule has 1 aliphatic rings. The van der Waals surface area contributed by atoms with E-state index in [0.717, 1.165) is 42.2 Å². The van der Waals surface area contributed by atoms with E-state index in [1.54, 1.807) is 6.92 Å². The number of ether oxygens (including phenoxy) is 1. The number of fused-ring (bicyclic) bond motifs is 1. The van der Waals surface area contributed by atoms with E-state index in [1.807, 2.05) is 0 Å². The van der Waals surface area contributed by atoms with E-state index in [2.05, 4.69) is 5.32 Å². The molecule has 0 amide bonds. The van der Waals surface area contributed by atoms with Crippen LogP contribution in [0, 0.1) is 20.2 Å². The molecule has 0 spiro atoms. The summed E-state index contributed by atoms with van der Waals surface area (Å²) in [6, 6.07) is 3.37. The van der Waals surface area contributed by atoms with E-state index in [4.69, 9.17) is 4.74 Å². The molecule has 0 saturated carbocycles. The molecule has 1 N–H and O–H groups in total. The average molecular weight is 391 g/mol. The zero-order valence-electron chi connectivity index (χ0n) is 14.5. The quantitative estimate of drug-likeness (QED) is 0.440. The number of carbonyl (C=O) groups excluding carboxylic acids is 1. The molecule has 0 saturated heterocycles. The predicted molar refractivity (Wildman–Crippen MR) is 100.0 cm³/mol. The van der Waals surface area contributed by atoms with E-state index >= 15 is 0 Å². The van der Waals surface area contributed by atoms with Gasteiger partial charge in [-0.25, -0.2) is 4.79 Å². The molecule has 10 heteroatoms. The summed E-state index contributed by atoms with van der Waals surface area (Å²) in [6.45, 7) is 1.94. The van der Waals surface area contributed by atoms with E-state index in [9.17, 15) is 25.0 Å². The first-order valence-electron chi connectivity index (χ1n) is 8.43. The SMILES string of the molecule is CCOC(=O)c1c(Nc2ccc([N+](=O)[O-])cc2[N+](=O)[O-])sc2c1CCCC2. The van der Waals surface area contributed by atoms with Crippen molar-refractivity contribution >= 4 is 39.4 Å². The third-order valence-corrected chi connectivity index (χ3v) is 5.50. The van der Waals surface area contributed by atoms with Crippen LogP contribution >= 0.6 is 11.3 Å². The Morgan fingerprint density at radius 1 is 1.22 bits per heavy atom. The number of anilines is 2. The van der Waals surface area contributed by atoms with Crippen LogP contribution in [-0.4, -0.2) is 22.4 Å². The lowest BCUT2D eigenvalue weighted by Crippen LogP contribution is -2.11. The van der Waals surface area contributed by atoms with Gasteiger partial charge in [0.05, 0.1) is 28.1 Å². The Kier molecular flexibility index (Phi) is 5.36. The Balaban J connectivity index is 2.05. The van der Waals surface area contributed by atoms with E-state index in [0.29, 0.717) is 10.6 Å². The van der Waals surface area contributed by atoms with E-state index < -0.39 is 21.5 Å². The molecule has 0 unspecified atom stereocenters. The molecule has 0 radical (unpaired) electrons. The molecule has 142 valence electrons. The van der Waals surface area contributed by atoms with Crippen LogP contribution in [0.2, 0.25) is 0 Å². The van der Waals surface area contributed by atoms with Gasteiger partial charge < -0.3 is 10.1 Å². The van der Waals surface area contributed by atoms with Crippen LogP contribution in [-0.2, 0) is 17.6 Å². The summed E-state index contributed by atoms with van der Waals surface area (Å²) in [5, 5.41) is 25.7. The highest BCUT2D eigenvalue weighted by molar-refractivity contribution is 7.16. The van der Waals surface area contributed by atoms with E-state index in [1.165, 1.54) is 23.5 Å². The molecule has 0 fully saturated rings. The number of non-ortho nitro benzene ring substituents is 1. The van der Waals surface area contributed by atoms with Crippen molar-refractivity contribution in [3.63, 3.8) is 0 Å². The highest BCUT2D eigenvalue weighted by Gasteiger charge is 2.28. The lowest BCUT2D eigenvalue weighted by molar-refractivity contribution is -0.393. The fourth-order valence-electron chi connectivity index (χ4n) is 3.09. The Hall–Kier alpha value is -3.01. The molecule has 0 aliphatic heterocycles. The second-order valence-corrected chi connectivity index (χ2v) is 7.08. The molecule has 2 aromatic rings. The second-order valence-electron chi connectivity index (χ2n) is 5.98. The minimum atomic E-state index is -0.690. The molecule has 0 bridgehead atoms. The van der Waals surface area contributed by atoms with Crippen LogP contribution < -0.4 is 5.32 Å². The number of nitrogens with one attached hydrogen (secondary N) is 1. The van der Waals surface area contributed by atoms with Crippen LogP contribution in [0.5, 0.6) is 0 Å². The van der Waals surface area contributed by atoms with Crippen molar-refractivity contribution in [3.8, 4) is 0 Å². The van der Waals surface area contributed by atoms with Crippen LogP contribution in [0.25, 0.3) is 0 Å². The number of nitro benzene ring substituents is 2. The number of rotatable bonds is 6. The molecule has 1 aliphatic carbocycles. The Morgan fingerprint density at radius 3 is 2.63 bits per heavy atom. The third kappa shape index (κ3) is 3.75. The highest BCUT2D eigenvalue weighted by atomic mass is 32.1. The van der Waals surface area contributed by atoms with E-state index in [-0.39, 0.29) is 18.0 Å². The number of esters is 1. The number of nitro groups is 2. The van der Waals surface area contributed by atoms with Gasteiger partial charge in [-0.3, -0.25) is 20.2 Å². The van der Waals surface area contributed by atoms with Gasteiger partial charge in [0.1, 0.15) is 10.7 Å². The molecule has 9 nitrogen and oxygen atoms in total. The normalized spacial score (nSPS) is 12.9. The summed E-state index contributed by atoms with van der Waals surface area (Å²) in [6.07, 6.45) is 3.58. The number of aryl methyl sites for hydroxylation is 1. The third-order valence-electron chi connectivity index (χ3n) is 4.29. The summed E-state index contributed by atoms with van der Waals surface area (Å²) in [5.41, 5.74) is 0.629. The van der Waals surface area contributed by atoms with Crippen molar-refractivity contribution in [2.45, 2.75) is 32.6 Å². The monoisotopic (exact) mass is 391 g/mol. The fourth-order valence-corrected chi connectivity index (χ4v) is 4.38. The van der Waals surface area contributed by atoms with Gasteiger partial charge in [-0.15, -0.1) is 11.3 Å². The molecular weight excluding hydrogens is 374 g/mol. The maximum Gasteiger partial charge on any atom is 0.341 e. The fraction of sp³-hybridized carbons (Fsp3) is 0.353. The van der Waals surface area contributed by atoms with Gasteiger partial charge in [-0.1, -0.05) is 0 Å². The predicted octanol–water partition coefficient (Wildman–Crippen LogP) is 4.36. The van der Waals surface area contributed by atoms with Crippen molar-refractivity contribution in [1.29, 1.82) is 0 Å². The van der Waals surface area contributed by atoms with Gasteiger partial charge in [0, 0.05) is 10.9 Å². The largest absolute Gasteiger partial charge is 0.462 e. The topological polar surface area (TPSA) is 125 Å². The molecule has 0 atom stereocenters. The smallest absolute Gasteiger partial charge is 0.341 e. The number of carbonyl (C=O) groups is 1. The number of hydrogen-bond acceptors (Lipinski definition) is 8. The number of nitrogens with zero attached hydrogens (tertiary/aromatic N) is 2. The maximum atomic E-state index is 12.5. The van der Waals surface area contributed by atoms with Gasteiger partial charge in [0.15, 0.2) is 0 Å². The van der Waals surface area contributed by atoms with Crippen molar-refractivity contribution in [1.82, 2.24) is 0 Å². The van der Waals surface area contributed by atoms with Crippen LogP contribution in [0.4, 0.5) is 22.1 Å². The Labute approximate surface area is 158 Å². The number of benzene rings is 1. The zero-order chi connectivity index (χ0) is 19.6. The number of thiophene rings is 1. The van der Waals surface area contributed by atoms with Crippen LogP contribution in [0.1, 0.15) is 40.6 Å². The van der Waals surface area contributed by atoms with Crippen molar-refractivity contribution in [2.24, 2.45) is 0 Å².